The van der Waals surface area contributed by atoms with E-state index in [-0.39, 0.29) is 19.4 Å². The van der Waals surface area contributed by atoms with Crippen LogP contribution in [0.5, 0.6) is 0 Å². The first-order valence-corrected chi connectivity index (χ1v) is 11.5. The number of amides is 2. The van der Waals surface area contributed by atoms with Gasteiger partial charge in [0.15, 0.2) is 0 Å². The van der Waals surface area contributed by atoms with E-state index in [0.717, 1.165) is 11.1 Å². The Kier molecular flexibility index (Phi) is 9.69. The molecular formula is C27H27ClN2O5. The summed E-state index contributed by atoms with van der Waals surface area (Å²) >= 11 is 6.24. The fourth-order valence-electron chi connectivity index (χ4n) is 3.46. The third kappa shape index (κ3) is 8.15. The van der Waals surface area contributed by atoms with Gasteiger partial charge in [0, 0.05) is 17.9 Å². The first kappa shape index (κ1) is 25.8. The fourth-order valence-corrected chi connectivity index (χ4v) is 3.67. The SMILES string of the molecule is COC(=O)[C@@H](Cc1ccccc1Cl)NC(=O)[C@@H](Cc1ccccc1)NC(=O)OCc1ccccc1. The minimum absolute atomic E-state index is 0.0592. The second-order valence-electron chi connectivity index (χ2n) is 7.83. The zero-order chi connectivity index (χ0) is 25.0. The number of benzene rings is 3. The molecule has 2 N–H and O–H groups in total. The van der Waals surface area contributed by atoms with Crippen molar-refractivity contribution >= 4 is 29.6 Å². The lowest BCUT2D eigenvalue weighted by Gasteiger charge is -2.22. The summed E-state index contributed by atoms with van der Waals surface area (Å²) < 4.78 is 10.2. The lowest BCUT2D eigenvalue weighted by molar-refractivity contribution is -0.145. The molecule has 0 radical (unpaired) electrons. The van der Waals surface area contributed by atoms with Crippen molar-refractivity contribution in [3.05, 3.63) is 107 Å². The van der Waals surface area contributed by atoms with E-state index in [1.54, 1.807) is 24.3 Å². The van der Waals surface area contributed by atoms with E-state index in [1.165, 1.54) is 7.11 Å². The average Bonchev–Trinajstić information content (AvgIpc) is 2.88. The maximum atomic E-state index is 13.2. The zero-order valence-corrected chi connectivity index (χ0v) is 20.0. The number of rotatable bonds is 10. The highest BCUT2D eigenvalue weighted by molar-refractivity contribution is 6.31. The van der Waals surface area contributed by atoms with Gasteiger partial charge in [0.05, 0.1) is 7.11 Å². The summed E-state index contributed by atoms with van der Waals surface area (Å²) in [5, 5.41) is 5.79. The number of hydrogen-bond acceptors (Lipinski definition) is 5. The number of methoxy groups -OCH3 is 1. The second-order valence-corrected chi connectivity index (χ2v) is 8.24. The highest BCUT2D eigenvalue weighted by Gasteiger charge is 2.28. The quantitative estimate of drug-likeness (QED) is 0.414. The molecule has 0 aliphatic carbocycles. The maximum Gasteiger partial charge on any atom is 0.408 e. The molecule has 0 aliphatic rings. The van der Waals surface area contributed by atoms with Gasteiger partial charge >= 0.3 is 12.1 Å². The van der Waals surface area contributed by atoms with Crippen molar-refractivity contribution in [1.82, 2.24) is 10.6 Å². The predicted octanol–water partition coefficient (Wildman–Crippen LogP) is 4.08. The molecule has 0 aliphatic heterocycles. The van der Waals surface area contributed by atoms with Gasteiger partial charge in [0.2, 0.25) is 5.91 Å². The summed E-state index contributed by atoms with van der Waals surface area (Å²) in [5.41, 5.74) is 2.33. The largest absolute Gasteiger partial charge is 0.467 e. The van der Waals surface area contributed by atoms with Crippen LogP contribution in [0.4, 0.5) is 4.79 Å². The molecule has 7 nitrogen and oxygen atoms in total. The summed E-state index contributed by atoms with van der Waals surface area (Å²) in [6, 6.07) is 23.5. The third-order valence-electron chi connectivity index (χ3n) is 5.29. The summed E-state index contributed by atoms with van der Waals surface area (Å²) in [4.78, 5) is 38.2. The van der Waals surface area contributed by atoms with Crippen LogP contribution in [0.3, 0.4) is 0 Å². The highest BCUT2D eigenvalue weighted by Crippen LogP contribution is 2.17. The molecule has 2 atom stereocenters. The van der Waals surface area contributed by atoms with Crippen molar-refractivity contribution < 1.29 is 23.9 Å². The molecule has 2 amide bonds. The van der Waals surface area contributed by atoms with Crippen LogP contribution in [0.2, 0.25) is 5.02 Å². The number of hydrogen-bond donors (Lipinski definition) is 2. The average molecular weight is 495 g/mol. The molecule has 3 aromatic carbocycles. The first-order chi connectivity index (χ1) is 17.0. The molecule has 0 saturated carbocycles. The maximum absolute atomic E-state index is 13.2. The Morgan fingerprint density at radius 1 is 0.771 bits per heavy atom. The van der Waals surface area contributed by atoms with Crippen LogP contribution in [0.15, 0.2) is 84.9 Å². The number of carbonyl (C=O) groups is 3. The lowest BCUT2D eigenvalue weighted by Crippen LogP contribution is -2.53. The fraction of sp³-hybridized carbons (Fsp3) is 0.222. The van der Waals surface area contributed by atoms with Crippen molar-refractivity contribution in [3.63, 3.8) is 0 Å². The molecule has 0 unspecified atom stereocenters. The minimum Gasteiger partial charge on any atom is -0.467 e. The smallest absolute Gasteiger partial charge is 0.408 e. The molecule has 3 aromatic rings. The van der Waals surface area contributed by atoms with Crippen molar-refractivity contribution in [2.75, 3.05) is 7.11 Å². The Bertz CT molecular complexity index is 1120. The minimum atomic E-state index is -0.993. The van der Waals surface area contributed by atoms with Gasteiger partial charge in [-0.3, -0.25) is 4.79 Å². The number of alkyl carbamates (subject to hydrolysis) is 1. The number of ether oxygens (including phenoxy) is 2. The Hall–Kier alpha value is -3.84. The highest BCUT2D eigenvalue weighted by atomic mass is 35.5. The molecule has 35 heavy (non-hydrogen) atoms. The standard InChI is InChI=1S/C27H27ClN2O5/c1-34-26(32)24(17-21-14-8-9-15-22(21)28)29-25(31)23(16-19-10-4-2-5-11-19)30-27(33)35-18-20-12-6-3-7-13-20/h2-15,23-24H,16-18H2,1H3,(H,29,31)(H,30,33)/t23-,24-/m1/s1. The van der Waals surface area contributed by atoms with Crippen LogP contribution in [0.25, 0.3) is 0 Å². The Balaban J connectivity index is 1.72. The summed E-state index contributed by atoms with van der Waals surface area (Å²) in [7, 11) is 1.24. The van der Waals surface area contributed by atoms with E-state index >= 15 is 0 Å². The zero-order valence-electron chi connectivity index (χ0n) is 19.3. The molecule has 182 valence electrons. The summed E-state index contributed by atoms with van der Waals surface area (Å²) in [5.74, 6) is -1.17. The van der Waals surface area contributed by atoms with E-state index in [9.17, 15) is 14.4 Å². The van der Waals surface area contributed by atoms with Gasteiger partial charge in [-0.25, -0.2) is 9.59 Å². The predicted molar refractivity (Wildman–Crippen MR) is 133 cm³/mol. The normalized spacial score (nSPS) is 12.2. The van der Waals surface area contributed by atoms with Gasteiger partial charge in [-0.1, -0.05) is 90.5 Å². The monoisotopic (exact) mass is 494 g/mol. The molecule has 8 heteroatoms. The summed E-state index contributed by atoms with van der Waals surface area (Å²) in [6.07, 6.45) is -0.410. The van der Waals surface area contributed by atoms with Crippen LogP contribution in [-0.4, -0.2) is 37.2 Å². The Morgan fingerprint density at radius 3 is 2.00 bits per heavy atom. The number of carbonyl (C=O) groups excluding carboxylic acids is 3. The Labute approximate surface area is 209 Å². The van der Waals surface area contributed by atoms with E-state index in [4.69, 9.17) is 21.1 Å². The number of halogens is 1. The molecule has 0 heterocycles. The van der Waals surface area contributed by atoms with E-state index in [1.807, 2.05) is 60.7 Å². The lowest BCUT2D eigenvalue weighted by atomic mass is 10.0. The van der Waals surface area contributed by atoms with Gasteiger partial charge in [0.25, 0.3) is 0 Å². The van der Waals surface area contributed by atoms with Crippen molar-refractivity contribution in [1.29, 1.82) is 0 Å². The molecule has 3 rings (SSSR count). The van der Waals surface area contributed by atoms with Crippen molar-refractivity contribution in [2.24, 2.45) is 0 Å². The van der Waals surface area contributed by atoms with E-state index < -0.39 is 30.1 Å². The molecule has 0 bridgehead atoms. The van der Waals surface area contributed by atoms with E-state index in [2.05, 4.69) is 10.6 Å². The first-order valence-electron chi connectivity index (χ1n) is 11.1. The Morgan fingerprint density at radius 2 is 1.37 bits per heavy atom. The van der Waals surface area contributed by atoms with Gasteiger partial charge in [-0.2, -0.15) is 0 Å². The molecular weight excluding hydrogens is 468 g/mol. The number of esters is 1. The topological polar surface area (TPSA) is 93.7 Å². The number of nitrogens with one attached hydrogen (secondary N) is 2. The van der Waals surface area contributed by atoms with Crippen LogP contribution in [0, 0.1) is 0 Å². The molecule has 0 saturated heterocycles. The summed E-state index contributed by atoms with van der Waals surface area (Å²) in [6.45, 7) is 0.0592. The van der Waals surface area contributed by atoms with Crippen molar-refractivity contribution in [2.45, 2.75) is 31.5 Å². The molecule has 0 aromatic heterocycles. The van der Waals surface area contributed by atoms with Gasteiger partial charge in [-0.05, 0) is 22.8 Å². The van der Waals surface area contributed by atoms with Crippen LogP contribution < -0.4 is 10.6 Å². The third-order valence-corrected chi connectivity index (χ3v) is 5.66. The van der Waals surface area contributed by atoms with Crippen molar-refractivity contribution in [3.8, 4) is 0 Å². The van der Waals surface area contributed by atoms with Crippen LogP contribution >= 0.6 is 11.6 Å². The van der Waals surface area contributed by atoms with Crippen LogP contribution in [0.1, 0.15) is 16.7 Å². The van der Waals surface area contributed by atoms with Gasteiger partial charge in [-0.15, -0.1) is 0 Å². The molecule has 0 spiro atoms. The van der Waals surface area contributed by atoms with Crippen LogP contribution in [-0.2, 0) is 38.5 Å². The molecule has 0 fully saturated rings. The van der Waals surface area contributed by atoms with Gasteiger partial charge < -0.3 is 20.1 Å². The van der Waals surface area contributed by atoms with Gasteiger partial charge in [0.1, 0.15) is 18.7 Å². The second kappa shape index (κ2) is 13.2. The van der Waals surface area contributed by atoms with E-state index in [0.29, 0.717) is 10.6 Å².